The van der Waals surface area contributed by atoms with E-state index in [0.717, 1.165) is 25.6 Å². The average Bonchev–Trinajstić information content (AvgIpc) is 2.85. The number of hydrogen-bond acceptors (Lipinski definition) is 3. The average molecular weight is 233 g/mol. The summed E-state index contributed by atoms with van der Waals surface area (Å²) < 4.78 is 0. The van der Waals surface area contributed by atoms with Gasteiger partial charge >= 0.3 is 0 Å². The van der Waals surface area contributed by atoms with Gasteiger partial charge in [0, 0.05) is 31.4 Å². The van der Waals surface area contributed by atoms with Crippen molar-refractivity contribution in [1.82, 2.24) is 10.3 Å². The third-order valence-electron chi connectivity index (χ3n) is 3.60. The molecule has 17 heavy (non-hydrogen) atoms. The normalized spacial score (nSPS) is 19.9. The molecule has 0 radical (unpaired) electrons. The summed E-state index contributed by atoms with van der Waals surface area (Å²) in [5.41, 5.74) is 1.33. The van der Waals surface area contributed by atoms with Crippen LogP contribution in [0.2, 0.25) is 0 Å². The molecule has 1 unspecified atom stereocenters. The molecule has 1 saturated heterocycles. The van der Waals surface area contributed by atoms with Crippen LogP contribution in [-0.4, -0.2) is 24.6 Å². The molecule has 94 valence electrons. The highest BCUT2D eigenvalue weighted by molar-refractivity contribution is 5.47. The molecule has 0 saturated carbocycles. The summed E-state index contributed by atoms with van der Waals surface area (Å²) in [7, 11) is 0. The van der Waals surface area contributed by atoms with E-state index in [4.69, 9.17) is 0 Å². The summed E-state index contributed by atoms with van der Waals surface area (Å²) in [6.45, 7) is 8.69. The quantitative estimate of drug-likeness (QED) is 0.846. The monoisotopic (exact) mass is 233 g/mol. The zero-order valence-electron chi connectivity index (χ0n) is 10.9. The van der Waals surface area contributed by atoms with Crippen molar-refractivity contribution in [1.29, 1.82) is 0 Å². The summed E-state index contributed by atoms with van der Waals surface area (Å²) in [5, 5.41) is 3.39. The van der Waals surface area contributed by atoms with Crippen molar-refractivity contribution in [2.75, 3.05) is 24.5 Å². The smallest absolute Gasteiger partial charge is 0.133 e. The van der Waals surface area contributed by atoms with Crippen molar-refractivity contribution >= 4 is 5.82 Å². The van der Waals surface area contributed by atoms with Gasteiger partial charge in [-0.15, -0.1) is 0 Å². The Hall–Kier alpha value is -1.09. The van der Waals surface area contributed by atoms with Crippen LogP contribution in [0.4, 0.5) is 5.82 Å². The molecule has 1 aliphatic heterocycles. The Balaban J connectivity index is 2.09. The van der Waals surface area contributed by atoms with E-state index in [1.165, 1.54) is 30.8 Å². The number of nitrogens with one attached hydrogen (secondary N) is 1. The first-order valence-electron chi connectivity index (χ1n) is 6.74. The molecule has 3 nitrogen and oxygen atoms in total. The van der Waals surface area contributed by atoms with E-state index in [9.17, 15) is 0 Å². The van der Waals surface area contributed by atoms with Gasteiger partial charge in [-0.05, 0) is 24.9 Å². The number of nitrogens with zero attached hydrogens (tertiary/aromatic N) is 2. The number of pyridine rings is 1. The van der Waals surface area contributed by atoms with Crippen LogP contribution in [0.15, 0.2) is 18.3 Å². The number of rotatable bonds is 5. The van der Waals surface area contributed by atoms with Crippen molar-refractivity contribution in [3.63, 3.8) is 0 Å². The summed E-state index contributed by atoms with van der Waals surface area (Å²) in [6, 6.07) is 4.22. The van der Waals surface area contributed by atoms with Gasteiger partial charge in [0.05, 0.1) is 0 Å². The second-order valence-corrected chi connectivity index (χ2v) is 4.78. The van der Waals surface area contributed by atoms with Gasteiger partial charge in [-0.3, -0.25) is 0 Å². The maximum absolute atomic E-state index is 4.57. The third-order valence-corrected chi connectivity index (χ3v) is 3.60. The van der Waals surface area contributed by atoms with Gasteiger partial charge in [-0.25, -0.2) is 4.98 Å². The minimum Gasteiger partial charge on any atom is -0.356 e. The molecule has 2 heterocycles. The fourth-order valence-electron chi connectivity index (χ4n) is 2.47. The summed E-state index contributed by atoms with van der Waals surface area (Å²) >= 11 is 0. The van der Waals surface area contributed by atoms with E-state index in [1.54, 1.807) is 0 Å². The van der Waals surface area contributed by atoms with Crippen LogP contribution < -0.4 is 10.2 Å². The summed E-state index contributed by atoms with van der Waals surface area (Å²) in [6.07, 6.45) is 4.50. The number of anilines is 1. The Morgan fingerprint density at radius 1 is 1.47 bits per heavy atom. The highest BCUT2D eigenvalue weighted by atomic mass is 15.2. The molecule has 0 amide bonds. The van der Waals surface area contributed by atoms with Crippen LogP contribution in [0.5, 0.6) is 0 Å². The molecule has 3 heteroatoms. The Morgan fingerprint density at radius 2 is 2.35 bits per heavy atom. The van der Waals surface area contributed by atoms with Gasteiger partial charge in [-0.1, -0.05) is 26.3 Å². The lowest BCUT2D eigenvalue weighted by Gasteiger charge is -2.20. The fraction of sp³-hybridized carbons (Fsp3) is 0.643. The largest absolute Gasteiger partial charge is 0.356 e. The van der Waals surface area contributed by atoms with Crippen LogP contribution in [0.3, 0.4) is 0 Å². The van der Waals surface area contributed by atoms with E-state index in [-0.39, 0.29) is 0 Å². The predicted octanol–water partition coefficient (Wildman–Crippen LogP) is 2.43. The molecule has 1 aliphatic rings. The number of aromatic nitrogens is 1. The molecule has 1 atom stereocenters. The van der Waals surface area contributed by atoms with Crippen molar-refractivity contribution in [2.45, 2.75) is 33.2 Å². The SMILES string of the molecule is CCNCc1cccnc1N1CCC(CC)C1. The maximum atomic E-state index is 4.57. The van der Waals surface area contributed by atoms with Crippen molar-refractivity contribution in [2.24, 2.45) is 5.92 Å². The Labute approximate surface area is 104 Å². The Kier molecular flexibility index (Phi) is 4.37. The Morgan fingerprint density at radius 3 is 3.06 bits per heavy atom. The topological polar surface area (TPSA) is 28.2 Å². The first kappa shape index (κ1) is 12.4. The van der Waals surface area contributed by atoms with Gasteiger partial charge in [0.15, 0.2) is 0 Å². The summed E-state index contributed by atoms with van der Waals surface area (Å²) in [4.78, 5) is 7.01. The van der Waals surface area contributed by atoms with E-state index in [0.29, 0.717) is 0 Å². The number of hydrogen-bond donors (Lipinski definition) is 1. The molecular weight excluding hydrogens is 210 g/mol. The van der Waals surface area contributed by atoms with Crippen LogP contribution in [0.25, 0.3) is 0 Å². The van der Waals surface area contributed by atoms with Crippen molar-refractivity contribution in [3.8, 4) is 0 Å². The van der Waals surface area contributed by atoms with Crippen LogP contribution in [0, 0.1) is 5.92 Å². The van der Waals surface area contributed by atoms with E-state index >= 15 is 0 Å². The lowest BCUT2D eigenvalue weighted by Crippen LogP contribution is -2.24. The molecule has 1 fully saturated rings. The molecular formula is C14H23N3. The molecule has 0 bridgehead atoms. The second-order valence-electron chi connectivity index (χ2n) is 4.78. The standard InChI is InChI=1S/C14H23N3/c1-3-12-7-9-17(11-12)14-13(10-15-4-2)6-5-8-16-14/h5-6,8,12,15H,3-4,7,9-11H2,1-2H3. The maximum Gasteiger partial charge on any atom is 0.133 e. The van der Waals surface area contributed by atoms with E-state index < -0.39 is 0 Å². The minimum atomic E-state index is 0.851. The van der Waals surface area contributed by atoms with E-state index in [2.05, 4.69) is 35.1 Å². The van der Waals surface area contributed by atoms with Crippen LogP contribution in [-0.2, 0) is 6.54 Å². The van der Waals surface area contributed by atoms with Crippen LogP contribution >= 0.6 is 0 Å². The molecule has 1 N–H and O–H groups in total. The third kappa shape index (κ3) is 2.97. The van der Waals surface area contributed by atoms with Gasteiger partial charge in [0.25, 0.3) is 0 Å². The second kappa shape index (κ2) is 6.01. The summed E-state index contributed by atoms with van der Waals surface area (Å²) in [5.74, 6) is 2.04. The zero-order valence-corrected chi connectivity index (χ0v) is 10.9. The molecule has 0 spiro atoms. The Bertz CT molecular complexity index is 351. The predicted molar refractivity (Wildman–Crippen MR) is 72.2 cm³/mol. The lowest BCUT2D eigenvalue weighted by molar-refractivity contribution is 0.568. The zero-order chi connectivity index (χ0) is 12.1. The molecule has 1 aromatic heterocycles. The van der Waals surface area contributed by atoms with Gasteiger partial charge in [0.2, 0.25) is 0 Å². The van der Waals surface area contributed by atoms with Gasteiger partial charge < -0.3 is 10.2 Å². The van der Waals surface area contributed by atoms with Crippen molar-refractivity contribution < 1.29 is 0 Å². The molecule has 0 aromatic carbocycles. The first-order valence-corrected chi connectivity index (χ1v) is 6.74. The minimum absolute atomic E-state index is 0.851. The first-order chi connectivity index (χ1) is 8.35. The van der Waals surface area contributed by atoms with Gasteiger partial charge in [-0.2, -0.15) is 0 Å². The van der Waals surface area contributed by atoms with Crippen molar-refractivity contribution in [3.05, 3.63) is 23.9 Å². The fourth-order valence-corrected chi connectivity index (χ4v) is 2.47. The van der Waals surface area contributed by atoms with Gasteiger partial charge in [0.1, 0.15) is 5.82 Å². The molecule has 2 rings (SSSR count). The van der Waals surface area contributed by atoms with E-state index in [1.807, 2.05) is 12.3 Å². The highest BCUT2D eigenvalue weighted by Gasteiger charge is 2.23. The molecule has 1 aromatic rings. The lowest BCUT2D eigenvalue weighted by atomic mass is 10.1. The highest BCUT2D eigenvalue weighted by Crippen LogP contribution is 2.26. The molecule has 0 aliphatic carbocycles. The van der Waals surface area contributed by atoms with Crippen LogP contribution in [0.1, 0.15) is 32.3 Å².